The molecule has 0 saturated carbocycles. The van der Waals surface area contributed by atoms with Gasteiger partial charge in [0.05, 0.1) is 26.4 Å². The Kier molecular flexibility index (Phi) is 10.8. The number of carbonyl (C=O) groups excluding carboxylic acids is 2. The summed E-state index contributed by atoms with van der Waals surface area (Å²) >= 11 is 0. The molecule has 6 nitrogen and oxygen atoms in total. The van der Waals surface area contributed by atoms with Crippen LogP contribution in [0.25, 0.3) is 6.08 Å². The molecule has 37 heavy (non-hydrogen) atoms. The van der Waals surface area contributed by atoms with E-state index < -0.39 is 5.97 Å². The van der Waals surface area contributed by atoms with Gasteiger partial charge in [-0.3, -0.25) is 4.79 Å². The molecule has 3 rings (SSSR count). The normalized spacial score (nSPS) is 10.8. The lowest BCUT2D eigenvalue weighted by atomic mass is 10.1. The van der Waals surface area contributed by atoms with E-state index in [4.69, 9.17) is 18.9 Å². The van der Waals surface area contributed by atoms with Gasteiger partial charge in [0.2, 0.25) is 0 Å². The third-order valence-corrected chi connectivity index (χ3v) is 5.79. The van der Waals surface area contributed by atoms with Gasteiger partial charge in [0, 0.05) is 5.56 Å². The fourth-order valence-corrected chi connectivity index (χ4v) is 3.66. The molecule has 0 radical (unpaired) electrons. The number of hydrogen-bond acceptors (Lipinski definition) is 6. The fraction of sp³-hybridized carbons (Fsp3) is 0.290. The van der Waals surface area contributed by atoms with Gasteiger partial charge in [0.1, 0.15) is 11.5 Å². The van der Waals surface area contributed by atoms with Crippen LogP contribution in [0.15, 0.2) is 72.8 Å². The second-order valence-corrected chi connectivity index (χ2v) is 8.51. The minimum atomic E-state index is -0.474. The quantitative estimate of drug-likeness (QED) is 0.0765. The molecule has 0 atom stereocenters. The van der Waals surface area contributed by atoms with E-state index in [1.165, 1.54) is 25.3 Å². The number of benzene rings is 3. The summed E-state index contributed by atoms with van der Waals surface area (Å²) in [6.45, 7) is 2.86. The van der Waals surface area contributed by atoms with Crippen LogP contribution >= 0.6 is 0 Å². The first-order chi connectivity index (χ1) is 18.0. The number of allylic oxidation sites excluding steroid dienone is 1. The molecule has 0 saturated heterocycles. The van der Waals surface area contributed by atoms with Gasteiger partial charge in [0.15, 0.2) is 17.3 Å². The van der Waals surface area contributed by atoms with Crippen molar-refractivity contribution in [3.05, 3.63) is 89.5 Å². The van der Waals surface area contributed by atoms with Crippen molar-refractivity contribution >= 4 is 17.8 Å². The van der Waals surface area contributed by atoms with Crippen LogP contribution in [0.2, 0.25) is 0 Å². The third-order valence-electron chi connectivity index (χ3n) is 5.79. The minimum absolute atomic E-state index is 0.173. The molecule has 0 spiro atoms. The number of unbranched alkanes of at least 4 members (excludes halogenated alkanes) is 4. The summed E-state index contributed by atoms with van der Waals surface area (Å²) in [5.41, 5.74) is 1.71. The Labute approximate surface area is 218 Å². The maximum absolute atomic E-state index is 12.6. The molecule has 0 aliphatic heterocycles. The zero-order chi connectivity index (χ0) is 26.5. The Morgan fingerprint density at radius 1 is 0.730 bits per heavy atom. The lowest BCUT2D eigenvalue weighted by molar-refractivity contribution is 0.0734. The molecule has 0 N–H and O–H groups in total. The first kappa shape index (κ1) is 27.5. The summed E-state index contributed by atoms with van der Waals surface area (Å²) in [5.74, 6) is 1.65. The monoisotopic (exact) mass is 502 g/mol. The Morgan fingerprint density at radius 2 is 1.38 bits per heavy atom. The van der Waals surface area contributed by atoms with E-state index in [2.05, 4.69) is 6.92 Å². The zero-order valence-electron chi connectivity index (χ0n) is 21.7. The Balaban J connectivity index is 1.51. The molecule has 194 valence electrons. The molecule has 0 fully saturated rings. The molecular formula is C31H34O6. The molecule has 0 aliphatic carbocycles. The Hall–Kier alpha value is -4.06. The molecule has 6 heteroatoms. The van der Waals surface area contributed by atoms with Gasteiger partial charge in [-0.05, 0) is 78.7 Å². The van der Waals surface area contributed by atoms with Crippen molar-refractivity contribution in [1.29, 1.82) is 0 Å². The van der Waals surface area contributed by atoms with Gasteiger partial charge >= 0.3 is 5.97 Å². The zero-order valence-corrected chi connectivity index (χ0v) is 21.7. The molecule has 3 aromatic carbocycles. The van der Waals surface area contributed by atoms with Crippen molar-refractivity contribution in [2.24, 2.45) is 0 Å². The number of carbonyl (C=O) groups is 2. The summed E-state index contributed by atoms with van der Waals surface area (Å²) in [5, 5.41) is 0. The van der Waals surface area contributed by atoms with Crippen LogP contribution in [-0.4, -0.2) is 32.6 Å². The van der Waals surface area contributed by atoms with Gasteiger partial charge in [-0.25, -0.2) is 4.79 Å². The average Bonchev–Trinajstić information content (AvgIpc) is 2.94. The Morgan fingerprint density at radius 3 is 2.05 bits per heavy atom. The van der Waals surface area contributed by atoms with Crippen molar-refractivity contribution in [1.82, 2.24) is 0 Å². The number of hydrogen-bond donors (Lipinski definition) is 0. The van der Waals surface area contributed by atoms with Crippen molar-refractivity contribution in [2.75, 3.05) is 20.8 Å². The number of ether oxygens (including phenoxy) is 4. The molecule has 0 amide bonds. The van der Waals surface area contributed by atoms with Crippen LogP contribution in [-0.2, 0) is 0 Å². The van der Waals surface area contributed by atoms with Crippen LogP contribution in [0.3, 0.4) is 0 Å². The first-order valence-electron chi connectivity index (χ1n) is 12.5. The molecule has 3 aromatic rings. The number of methoxy groups -OCH3 is 2. The molecule has 0 aromatic heterocycles. The largest absolute Gasteiger partial charge is 0.494 e. The number of esters is 1. The lowest BCUT2D eigenvalue weighted by Gasteiger charge is -2.08. The highest BCUT2D eigenvalue weighted by Gasteiger charge is 2.10. The van der Waals surface area contributed by atoms with E-state index >= 15 is 0 Å². The van der Waals surface area contributed by atoms with Gasteiger partial charge in [0.25, 0.3) is 0 Å². The highest BCUT2D eigenvalue weighted by molar-refractivity contribution is 6.07. The van der Waals surface area contributed by atoms with E-state index in [-0.39, 0.29) is 5.78 Å². The van der Waals surface area contributed by atoms with Crippen LogP contribution in [0.1, 0.15) is 65.3 Å². The second kappa shape index (κ2) is 14.5. The summed E-state index contributed by atoms with van der Waals surface area (Å²) in [6.07, 6.45) is 9.09. The predicted molar refractivity (Wildman–Crippen MR) is 145 cm³/mol. The van der Waals surface area contributed by atoms with E-state index in [0.717, 1.165) is 24.2 Å². The van der Waals surface area contributed by atoms with Gasteiger partial charge in [-0.2, -0.15) is 0 Å². The summed E-state index contributed by atoms with van der Waals surface area (Å²) in [7, 11) is 3.13. The van der Waals surface area contributed by atoms with E-state index in [1.54, 1.807) is 81.0 Å². The van der Waals surface area contributed by atoms with Crippen molar-refractivity contribution < 1.29 is 28.5 Å². The van der Waals surface area contributed by atoms with E-state index in [9.17, 15) is 9.59 Å². The van der Waals surface area contributed by atoms with Gasteiger partial charge in [-0.1, -0.05) is 44.7 Å². The fourth-order valence-electron chi connectivity index (χ4n) is 3.66. The minimum Gasteiger partial charge on any atom is -0.494 e. The summed E-state index contributed by atoms with van der Waals surface area (Å²) in [6, 6.07) is 18.8. The highest BCUT2D eigenvalue weighted by atomic mass is 16.5. The molecule has 0 heterocycles. The van der Waals surface area contributed by atoms with E-state index in [0.29, 0.717) is 35.0 Å². The van der Waals surface area contributed by atoms with Crippen molar-refractivity contribution in [2.45, 2.75) is 39.0 Å². The maximum atomic E-state index is 12.6. The molecular weight excluding hydrogens is 468 g/mol. The lowest BCUT2D eigenvalue weighted by Crippen LogP contribution is -2.08. The molecule has 0 unspecified atom stereocenters. The van der Waals surface area contributed by atoms with E-state index in [1.807, 2.05) is 6.07 Å². The van der Waals surface area contributed by atoms with Crippen LogP contribution in [0.4, 0.5) is 0 Å². The van der Waals surface area contributed by atoms with Crippen LogP contribution < -0.4 is 18.9 Å². The highest BCUT2D eigenvalue weighted by Crippen LogP contribution is 2.28. The maximum Gasteiger partial charge on any atom is 0.343 e. The molecule has 0 bridgehead atoms. The predicted octanol–water partition coefficient (Wildman–Crippen LogP) is 7.17. The summed E-state index contributed by atoms with van der Waals surface area (Å²) in [4.78, 5) is 25.1. The topological polar surface area (TPSA) is 71.1 Å². The molecule has 0 aliphatic rings. The first-order valence-corrected chi connectivity index (χ1v) is 12.5. The van der Waals surface area contributed by atoms with Crippen molar-refractivity contribution in [3.63, 3.8) is 0 Å². The van der Waals surface area contributed by atoms with Crippen molar-refractivity contribution in [3.8, 4) is 23.0 Å². The third kappa shape index (κ3) is 8.53. The smallest absolute Gasteiger partial charge is 0.343 e. The Bertz CT molecular complexity index is 1180. The van der Waals surface area contributed by atoms with Gasteiger partial charge < -0.3 is 18.9 Å². The standard InChI is InChI=1S/C31H34O6/c1-4-5-6-7-8-21-36-26-15-13-25(14-16-26)31(33)37-27-17-11-24(12-18-27)28(32)19-9-23-10-20-29(34-2)30(22-23)35-3/h9-20,22H,4-8,21H2,1-3H3/b19-9+. The second-order valence-electron chi connectivity index (χ2n) is 8.51. The summed E-state index contributed by atoms with van der Waals surface area (Å²) < 4.78 is 21.7. The SMILES string of the molecule is CCCCCCCOc1ccc(C(=O)Oc2ccc(C(=O)/C=C/c3ccc(OC)c(OC)c3)cc2)cc1. The number of rotatable bonds is 14. The average molecular weight is 503 g/mol. The van der Waals surface area contributed by atoms with Gasteiger partial charge in [-0.15, -0.1) is 0 Å². The van der Waals surface area contributed by atoms with Crippen LogP contribution in [0.5, 0.6) is 23.0 Å². The van der Waals surface area contributed by atoms with Crippen LogP contribution in [0, 0.1) is 0 Å². The number of ketones is 1.